The van der Waals surface area contributed by atoms with E-state index in [0.29, 0.717) is 0 Å². The third-order valence-corrected chi connectivity index (χ3v) is 3.81. The Kier molecular flexibility index (Phi) is 60.4. The lowest BCUT2D eigenvalue weighted by Crippen LogP contribution is -2.26. The van der Waals surface area contributed by atoms with E-state index in [1.807, 2.05) is 47.2 Å². The number of hydrogen-bond donors (Lipinski definition) is 2. The standard InChI is InChI=1S/C5H14N2.2C4H8.C3H8BrN.2C2H7N.CH2Br2/c1-6(2)5-7(3)4;2*1-2-4-3-1;1-5(2)3-4;2*1-3-2;2-1-3/h5H2,1-4H3;2*1-4H2;3H2,1-2H3;2*3H,1-2H3;1H2. The van der Waals surface area contributed by atoms with Crippen LogP contribution in [-0.2, 0) is 0 Å². The van der Waals surface area contributed by atoms with Crippen LogP contribution in [0, 0.1) is 0 Å². The Morgan fingerprint density at radius 2 is 0.655 bits per heavy atom. The molecule has 0 saturated heterocycles. The van der Waals surface area contributed by atoms with Crippen molar-refractivity contribution in [2.75, 3.05) is 86.8 Å². The van der Waals surface area contributed by atoms with Crippen LogP contribution in [0.2, 0.25) is 0 Å². The van der Waals surface area contributed by atoms with Crippen LogP contribution < -0.4 is 10.6 Å². The number of nitrogens with one attached hydrogen (secondary N) is 2. The topological polar surface area (TPSA) is 33.8 Å². The van der Waals surface area contributed by atoms with Crippen molar-refractivity contribution >= 4 is 47.8 Å². The van der Waals surface area contributed by atoms with Gasteiger partial charge >= 0.3 is 0 Å². The lowest BCUT2D eigenvalue weighted by molar-refractivity contribution is 0.245. The first kappa shape index (κ1) is 40.6. The summed E-state index contributed by atoms with van der Waals surface area (Å²) >= 11 is 9.36. The zero-order valence-corrected chi connectivity index (χ0v) is 26.0. The van der Waals surface area contributed by atoms with E-state index >= 15 is 0 Å². The first-order valence-corrected chi connectivity index (χ1v) is 13.8. The monoisotopic (exact) mass is 613 g/mol. The van der Waals surface area contributed by atoms with E-state index in [1.165, 1.54) is 51.4 Å². The molecule has 0 spiro atoms. The van der Waals surface area contributed by atoms with Crippen LogP contribution in [0.5, 0.6) is 0 Å². The highest BCUT2D eigenvalue weighted by Crippen LogP contribution is 2.15. The Morgan fingerprint density at radius 1 is 0.517 bits per heavy atom. The molecule has 0 amide bonds. The first-order chi connectivity index (χ1) is 13.6. The van der Waals surface area contributed by atoms with Crippen LogP contribution in [0.3, 0.4) is 0 Å². The molecule has 184 valence electrons. The summed E-state index contributed by atoms with van der Waals surface area (Å²) in [7, 11) is 19.7. The Labute approximate surface area is 210 Å². The third kappa shape index (κ3) is 93.4. The molecule has 2 saturated carbocycles. The maximum Gasteiger partial charge on any atom is 0.0588 e. The smallest absolute Gasteiger partial charge is 0.0588 e. The SMILES string of the molecule is BrCBr.C1CCC1.C1CCC1.CN(C)CBr.CN(C)CN(C)C.CNC.CNC. The van der Waals surface area contributed by atoms with E-state index in [0.717, 1.165) is 16.4 Å². The molecule has 2 rings (SSSR count). The summed E-state index contributed by atoms with van der Waals surface area (Å²) < 4.78 is 0.875. The lowest BCUT2D eigenvalue weighted by Gasteiger charge is -2.14. The number of halogens is 3. The summed E-state index contributed by atoms with van der Waals surface area (Å²) in [4.78, 5) is 6.29. The summed E-state index contributed by atoms with van der Waals surface area (Å²) in [5, 5.41) is 5.50. The molecule has 0 bridgehead atoms. The average molecular weight is 616 g/mol. The molecule has 2 aliphatic carbocycles. The van der Waals surface area contributed by atoms with Crippen molar-refractivity contribution in [2.24, 2.45) is 0 Å². The molecular formula is C21H54Br3N5. The van der Waals surface area contributed by atoms with Gasteiger partial charge in [0.2, 0.25) is 0 Å². The van der Waals surface area contributed by atoms with Gasteiger partial charge in [-0.2, -0.15) is 0 Å². The summed E-state index contributed by atoms with van der Waals surface area (Å²) in [6, 6.07) is 0. The highest BCUT2D eigenvalue weighted by Gasteiger charge is 1.95. The molecule has 0 aromatic rings. The highest BCUT2D eigenvalue weighted by molar-refractivity contribution is 9.24. The highest BCUT2D eigenvalue weighted by atomic mass is 79.9. The van der Waals surface area contributed by atoms with Crippen molar-refractivity contribution in [1.29, 1.82) is 0 Å². The second-order valence-corrected chi connectivity index (χ2v) is 10.6. The summed E-state index contributed by atoms with van der Waals surface area (Å²) in [5.74, 6) is 0. The zero-order valence-electron chi connectivity index (χ0n) is 21.3. The fourth-order valence-corrected chi connectivity index (χ4v) is 1.07. The third-order valence-electron chi connectivity index (χ3n) is 2.80. The maximum atomic E-state index is 3.24. The molecule has 0 radical (unpaired) electrons. The molecule has 0 heterocycles. The van der Waals surface area contributed by atoms with Gasteiger partial charge in [-0.15, -0.1) is 0 Å². The lowest BCUT2D eigenvalue weighted by atomic mass is 10.0. The van der Waals surface area contributed by atoms with Crippen molar-refractivity contribution in [1.82, 2.24) is 25.3 Å². The Hall–Kier alpha value is 1.24. The zero-order chi connectivity index (χ0) is 23.9. The fourth-order valence-electron chi connectivity index (χ4n) is 1.07. The minimum absolute atomic E-state index is 0.875. The number of nitrogens with zero attached hydrogens (tertiary/aromatic N) is 3. The molecule has 0 aromatic carbocycles. The predicted octanol–water partition coefficient (Wildman–Crippen LogP) is 5.49. The quantitative estimate of drug-likeness (QED) is 0.249. The van der Waals surface area contributed by atoms with Gasteiger partial charge in [0.05, 0.1) is 9.69 Å². The number of hydrogen-bond acceptors (Lipinski definition) is 5. The second-order valence-electron chi connectivity index (χ2n) is 7.43. The molecular weight excluding hydrogens is 562 g/mol. The van der Waals surface area contributed by atoms with Gasteiger partial charge in [0, 0.05) is 6.67 Å². The van der Waals surface area contributed by atoms with E-state index in [9.17, 15) is 0 Å². The van der Waals surface area contributed by atoms with Gasteiger partial charge in [0.1, 0.15) is 0 Å². The van der Waals surface area contributed by atoms with Gasteiger partial charge in [-0.25, -0.2) is 0 Å². The average Bonchev–Trinajstić information content (AvgIpc) is 2.45. The predicted molar refractivity (Wildman–Crippen MR) is 149 cm³/mol. The largest absolute Gasteiger partial charge is 0.323 e. The summed E-state index contributed by atoms with van der Waals surface area (Å²) in [6.07, 6.45) is 12.0. The molecule has 8 heteroatoms. The van der Waals surface area contributed by atoms with E-state index in [1.54, 1.807) is 0 Å². The van der Waals surface area contributed by atoms with Gasteiger partial charge in [0.15, 0.2) is 0 Å². The molecule has 0 aromatic heterocycles. The van der Waals surface area contributed by atoms with Crippen LogP contribution >= 0.6 is 47.8 Å². The minimum atomic E-state index is 0.875. The first-order valence-electron chi connectivity index (χ1n) is 10.4. The van der Waals surface area contributed by atoms with E-state index in [-0.39, 0.29) is 0 Å². The van der Waals surface area contributed by atoms with Gasteiger partial charge in [-0.3, -0.25) is 14.7 Å². The normalized spacial score (nSPS) is 12.8. The van der Waals surface area contributed by atoms with Crippen LogP contribution in [0.4, 0.5) is 0 Å². The molecule has 0 aliphatic heterocycles. The van der Waals surface area contributed by atoms with Crippen molar-refractivity contribution in [3.8, 4) is 0 Å². The van der Waals surface area contributed by atoms with Crippen LogP contribution in [-0.4, -0.2) is 102 Å². The van der Waals surface area contributed by atoms with Gasteiger partial charge in [-0.1, -0.05) is 99.2 Å². The molecule has 5 nitrogen and oxygen atoms in total. The molecule has 0 atom stereocenters. The Balaban J connectivity index is -0.0000000792. The van der Waals surface area contributed by atoms with E-state index < -0.39 is 0 Å². The van der Waals surface area contributed by atoms with Crippen molar-refractivity contribution < 1.29 is 0 Å². The van der Waals surface area contributed by atoms with Crippen molar-refractivity contribution in [3.05, 3.63) is 0 Å². The van der Waals surface area contributed by atoms with Crippen molar-refractivity contribution in [2.45, 2.75) is 51.4 Å². The van der Waals surface area contributed by atoms with E-state index in [4.69, 9.17) is 0 Å². The number of alkyl halides is 3. The Morgan fingerprint density at radius 3 is 0.655 bits per heavy atom. The van der Waals surface area contributed by atoms with Crippen LogP contribution in [0.15, 0.2) is 0 Å². The van der Waals surface area contributed by atoms with Crippen LogP contribution in [0.1, 0.15) is 51.4 Å². The van der Waals surface area contributed by atoms with Gasteiger partial charge in [0.25, 0.3) is 0 Å². The van der Waals surface area contributed by atoms with E-state index in [2.05, 4.69) is 96.4 Å². The Bertz CT molecular complexity index is 188. The molecule has 0 unspecified atom stereocenters. The molecule has 2 fully saturated rings. The molecule has 2 aliphatic rings. The molecule has 2 N–H and O–H groups in total. The van der Waals surface area contributed by atoms with Crippen molar-refractivity contribution in [3.63, 3.8) is 0 Å². The molecule has 29 heavy (non-hydrogen) atoms. The summed E-state index contributed by atoms with van der Waals surface area (Å²) in [5.41, 5.74) is 0.951. The fraction of sp³-hybridized carbons (Fsp3) is 1.00. The van der Waals surface area contributed by atoms with Crippen LogP contribution in [0.25, 0.3) is 0 Å². The second kappa shape index (κ2) is 43.2. The van der Waals surface area contributed by atoms with Gasteiger partial charge in [-0.05, 0) is 70.5 Å². The summed E-state index contributed by atoms with van der Waals surface area (Å²) in [6.45, 7) is 1.03. The van der Waals surface area contributed by atoms with Gasteiger partial charge < -0.3 is 10.6 Å². The number of rotatable bonds is 3. The maximum absolute atomic E-state index is 3.24. The minimum Gasteiger partial charge on any atom is -0.323 e.